The maximum absolute atomic E-state index is 11.7. The van der Waals surface area contributed by atoms with Gasteiger partial charge in [-0.2, -0.15) is 0 Å². The summed E-state index contributed by atoms with van der Waals surface area (Å²) in [5.41, 5.74) is 5.30. The van der Waals surface area contributed by atoms with Crippen molar-refractivity contribution < 1.29 is 30.9 Å². The first-order valence-electron chi connectivity index (χ1n) is 14.8. The Kier molecular flexibility index (Phi) is 8.96. The summed E-state index contributed by atoms with van der Waals surface area (Å²) < 4.78 is 6.14. The molecule has 0 atom stereocenters. The van der Waals surface area contributed by atoms with Crippen LogP contribution in [0.1, 0.15) is 52.7 Å². The number of aromatic hydroxyl groups is 1. The number of hydrogen-bond donors (Lipinski definition) is 1. The molecule has 45 heavy (non-hydrogen) atoms. The summed E-state index contributed by atoms with van der Waals surface area (Å²) in [5.74, 6) is 1.71. The fraction of sp³-hybridized carbons (Fsp3) is 0.205. The smallest absolute Gasteiger partial charge is 0.217 e. The number of ether oxygens (including phenoxy) is 1. The summed E-state index contributed by atoms with van der Waals surface area (Å²) in [4.78, 5) is 14.5. The van der Waals surface area contributed by atoms with Gasteiger partial charge in [0.25, 0.3) is 0 Å². The minimum absolute atomic E-state index is 0. The first-order valence-corrected chi connectivity index (χ1v) is 14.8. The van der Waals surface area contributed by atoms with E-state index in [0.717, 1.165) is 33.2 Å². The van der Waals surface area contributed by atoms with E-state index >= 15 is 0 Å². The Morgan fingerprint density at radius 3 is 2.09 bits per heavy atom. The molecule has 6 aromatic rings. The normalized spacial score (nSPS) is 11.7. The molecule has 0 fully saturated rings. The molecule has 2 aromatic heterocycles. The third-order valence-corrected chi connectivity index (χ3v) is 7.69. The molecule has 1 N–H and O–H groups in total. The fourth-order valence-electron chi connectivity index (χ4n) is 5.17. The molecular formula is C39H36N3O2Pt-. The van der Waals surface area contributed by atoms with Crippen molar-refractivity contribution in [1.82, 2.24) is 15.0 Å². The third kappa shape index (κ3) is 7.00. The Hall–Kier alpha value is -4.34. The van der Waals surface area contributed by atoms with Crippen molar-refractivity contribution in [2.75, 3.05) is 0 Å². The Balaban J connectivity index is 0.00000400. The van der Waals surface area contributed by atoms with Crippen LogP contribution in [0.3, 0.4) is 0 Å². The average Bonchev–Trinajstić information content (AvgIpc) is 3.00. The number of phenolic OH excluding ortho intramolecular Hbond substituents is 1. The summed E-state index contributed by atoms with van der Waals surface area (Å²) in [6.45, 7) is 12.9. The van der Waals surface area contributed by atoms with Gasteiger partial charge in [-0.15, -0.1) is 23.8 Å². The van der Waals surface area contributed by atoms with E-state index < -0.39 is 0 Å². The number of hydrogen-bond acceptors (Lipinski definition) is 5. The standard InChI is InChI=1S/C39H36N3O2.Pt/c1-38(2,3)29-21-31(36(43)32(22-29)39(4,5)6)34-23-33(25-13-8-7-9-14-25)41-37(42-34)27-17-12-18-30(19-27)44-35-20-26-15-10-11-16-28(26)24-40-35;/h7-18,20-24,43H,1-6H3;/q-1;. The summed E-state index contributed by atoms with van der Waals surface area (Å²) >= 11 is 0. The van der Waals surface area contributed by atoms with Crippen molar-refractivity contribution >= 4 is 10.8 Å². The van der Waals surface area contributed by atoms with Crippen LogP contribution in [0.2, 0.25) is 0 Å². The topological polar surface area (TPSA) is 68.1 Å². The molecule has 0 aliphatic carbocycles. The average molecular weight is 774 g/mol. The predicted molar refractivity (Wildman–Crippen MR) is 178 cm³/mol. The van der Waals surface area contributed by atoms with Crippen LogP contribution in [0, 0.1) is 6.07 Å². The van der Waals surface area contributed by atoms with Crippen molar-refractivity contribution in [3.8, 4) is 51.3 Å². The van der Waals surface area contributed by atoms with E-state index in [4.69, 9.17) is 14.7 Å². The molecule has 0 aliphatic heterocycles. The van der Waals surface area contributed by atoms with E-state index in [-0.39, 0.29) is 37.6 Å². The van der Waals surface area contributed by atoms with Crippen LogP contribution >= 0.6 is 0 Å². The maximum Gasteiger partial charge on any atom is 0.217 e. The molecule has 0 saturated heterocycles. The van der Waals surface area contributed by atoms with Crippen LogP contribution in [0.4, 0.5) is 0 Å². The third-order valence-electron chi connectivity index (χ3n) is 7.69. The van der Waals surface area contributed by atoms with E-state index in [1.54, 1.807) is 6.20 Å². The molecule has 0 spiro atoms. The summed E-state index contributed by atoms with van der Waals surface area (Å²) in [6.07, 6.45) is 1.80. The number of phenols is 1. The number of aromatic nitrogens is 3. The molecule has 0 radical (unpaired) electrons. The first-order chi connectivity index (χ1) is 21.0. The monoisotopic (exact) mass is 773 g/mol. The molecule has 0 amide bonds. The summed E-state index contributed by atoms with van der Waals surface area (Å²) in [7, 11) is 0. The van der Waals surface area contributed by atoms with Crippen LogP contribution in [-0.4, -0.2) is 20.1 Å². The van der Waals surface area contributed by atoms with Gasteiger partial charge in [0.05, 0.1) is 17.2 Å². The Bertz CT molecular complexity index is 1980. The van der Waals surface area contributed by atoms with Gasteiger partial charge in [0.2, 0.25) is 5.88 Å². The number of rotatable bonds is 5. The second-order valence-corrected chi connectivity index (χ2v) is 13.1. The van der Waals surface area contributed by atoms with Crippen LogP contribution < -0.4 is 4.74 Å². The summed E-state index contributed by atoms with van der Waals surface area (Å²) in [5, 5.41) is 13.8. The zero-order valence-corrected chi connectivity index (χ0v) is 28.6. The molecule has 230 valence electrons. The second-order valence-electron chi connectivity index (χ2n) is 13.1. The van der Waals surface area contributed by atoms with Gasteiger partial charge in [-0.3, -0.25) is 9.97 Å². The zero-order valence-electron chi connectivity index (χ0n) is 26.3. The van der Waals surface area contributed by atoms with Crippen molar-refractivity contribution in [1.29, 1.82) is 0 Å². The molecule has 0 unspecified atom stereocenters. The zero-order chi connectivity index (χ0) is 31.1. The van der Waals surface area contributed by atoms with Gasteiger partial charge in [0, 0.05) is 55.6 Å². The molecule has 0 bridgehead atoms. The van der Waals surface area contributed by atoms with Crippen molar-refractivity contribution in [2.24, 2.45) is 0 Å². The summed E-state index contributed by atoms with van der Waals surface area (Å²) in [6, 6.07) is 35.1. The van der Waals surface area contributed by atoms with Gasteiger partial charge in [0.15, 0.2) is 0 Å². The number of fused-ring (bicyclic) bond motifs is 1. The predicted octanol–water partition coefficient (Wildman–Crippen LogP) is 9.92. The SMILES string of the molecule is CC(C)(C)c1cc(-c2cc(-c3ccccc3)nc(-c3[c-]c(Oc4cc5ccccc5cn4)ccc3)n2)c(O)c(C(C)(C)C)c1.[Pt]. The quantitative estimate of drug-likeness (QED) is 0.177. The minimum atomic E-state index is -0.269. The Morgan fingerprint density at radius 1 is 0.689 bits per heavy atom. The molecule has 0 aliphatic rings. The largest absolute Gasteiger partial charge is 0.507 e. The van der Waals surface area contributed by atoms with E-state index in [2.05, 4.69) is 64.7 Å². The van der Waals surface area contributed by atoms with Crippen LogP contribution in [0.25, 0.3) is 44.7 Å². The van der Waals surface area contributed by atoms with Crippen molar-refractivity contribution in [2.45, 2.75) is 52.4 Å². The van der Waals surface area contributed by atoms with E-state index in [0.29, 0.717) is 34.3 Å². The van der Waals surface area contributed by atoms with Crippen LogP contribution in [0.15, 0.2) is 103 Å². The number of nitrogens with zero attached hydrogens (tertiary/aromatic N) is 3. The van der Waals surface area contributed by atoms with Gasteiger partial charge < -0.3 is 9.84 Å². The Labute approximate surface area is 279 Å². The van der Waals surface area contributed by atoms with Gasteiger partial charge in [-0.1, -0.05) is 108 Å². The van der Waals surface area contributed by atoms with Crippen LogP contribution in [-0.2, 0) is 31.9 Å². The number of pyridine rings is 1. The minimum Gasteiger partial charge on any atom is -0.507 e. The van der Waals surface area contributed by atoms with Gasteiger partial charge in [-0.25, -0.2) is 4.98 Å². The fourth-order valence-corrected chi connectivity index (χ4v) is 5.17. The maximum atomic E-state index is 11.7. The van der Waals surface area contributed by atoms with E-state index in [1.807, 2.05) is 84.9 Å². The Morgan fingerprint density at radius 2 is 1.38 bits per heavy atom. The first kappa shape index (κ1) is 32.1. The molecular weight excluding hydrogens is 738 g/mol. The van der Waals surface area contributed by atoms with Crippen molar-refractivity contribution in [3.05, 3.63) is 120 Å². The molecule has 6 rings (SSSR count). The molecule has 4 aromatic carbocycles. The number of benzene rings is 4. The van der Waals surface area contributed by atoms with Gasteiger partial charge >= 0.3 is 0 Å². The van der Waals surface area contributed by atoms with Gasteiger partial charge in [-0.05, 0) is 39.5 Å². The molecule has 0 saturated carbocycles. The second kappa shape index (κ2) is 12.6. The van der Waals surface area contributed by atoms with E-state index in [1.165, 1.54) is 0 Å². The van der Waals surface area contributed by atoms with Gasteiger partial charge in [0.1, 0.15) is 5.75 Å². The molecule has 6 heteroatoms. The van der Waals surface area contributed by atoms with Crippen molar-refractivity contribution in [3.63, 3.8) is 0 Å². The van der Waals surface area contributed by atoms with Crippen LogP contribution in [0.5, 0.6) is 17.4 Å². The van der Waals surface area contributed by atoms with E-state index in [9.17, 15) is 5.11 Å². The molecule has 5 nitrogen and oxygen atoms in total. The molecule has 2 heterocycles.